The van der Waals surface area contributed by atoms with E-state index in [4.69, 9.17) is 0 Å². The van der Waals surface area contributed by atoms with E-state index in [0.29, 0.717) is 0 Å². The maximum atomic E-state index is 12.4. The summed E-state index contributed by atoms with van der Waals surface area (Å²) in [6.07, 6.45) is 4.95. The summed E-state index contributed by atoms with van der Waals surface area (Å²) in [4.78, 5) is 18.9. The van der Waals surface area contributed by atoms with Crippen LogP contribution in [0.5, 0.6) is 0 Å². The highest BCUT2D eigenvalue weighted by Gasteiger charge is 2.11. The molecule has 2 heterocycles. The first kappa shape index (κ1) is 15.2. The average Bonchev–Trinajstić information content (AvgIpc) is 2.72. The molecule has 110 valence electrons. The van der Waals surface area contributed by atoms with E-state index in [0.717, 1.165) is 54.7 Å². The number of aryl methyl sites for hydroxylation is 3. The Labute approximate surface area is 123 Å². The predicted molar refractivity (Wildman–Crippen MR) is 85.7 cm³/mol. The first-order valence-electron chi connectivity index (χ1n) is 7.31. The van der Waals surface area contributed by atoms with E-state index < -0.39 is 0 Å². The molecule has 5 heteroatoms. The zero-order valence-electron chi connectivity index (χ0n) is 12.5. The van der Waals surface area contributed by atoms with Gasteiger partial charge in [0, 0.05) is 11.4 Å². The highest BCUT2D eigenvalue weighted by atomic mass is 32.1. The third-order valence-electron chi connectivity index (χ3n) is 3.59. The van der Waals surface area contributed by atoms with Crippen LogP contribution in [0.25, 0.3) is 10.2 Å². The Balaban J connectivity index is 2.02. The van der Waals surface area contributed by atoms with Crippen LogP contribution in [0.15, 0.2) is 11.1 Å². The minimum absolute atomic E-state index is 0.110. The number of thiophene rings is 1. The van der Waals surface area contributed by atoms with Crippen molar-refractivity contribution in [3.63, 3.8) is 0 Å². The van der Waals surface area contributed by atoms with Crippen molar-refractivity contribution in [2.24, 2.45) is 0 Å². The third kappa shape index (κ3) is 3.27. The second kappa shape index (κ2) is 6.99. The van der Waals surface area contributed by atoms with Gasteiger partial charge in [0.25, 0.3) is 5.56 Å². The molecule has 2 aromatic rings. The van der Waals surface area contributed by atoms with Crippen molar-refractivity contribution in [2.75, 3.05) is 13.1 Å². The summed E-state index contributed by atoms with van der Waals surface area (Å²) in [5.74, 6) is 0. The van der Waals surface area contributed by atoms with Crippen molar-refractivity contribution in [2.45, 2.75) is 46.6 Å². The Morgan fingerprint density at radius 1 is 1.30 bits per heavy atom. The average molecular weight is 293 g/mol. The highest BCUT2D eigenvalue weighted by Crippen LogP contribution is 2.25. The summed E-state index contributed by atoms with van der Waals surface area (Å²) in [6, 6.07) is 0. The fraction of sp³-hybridized carbons (Fsp3) is 0.600. The Morgan fingerprint density at radius 3 is 2.85 bits per heavy atom. The topological polar surface area (TPSA) is 46.9 Å². The Hall–Kier alpha value is -1.20. The number of nitrogens with zero attached hydrogens (tertiary/aromatic N) is 2. The monoisotopic (exact) mass is 293 g/mol. The summed E-state index contributed by atoms with van der Waals surface area (Å²) >= 11 is 1.60. The van der Waals surface area contributed by atoms with E-state index >= 15 is 0 Å². The van der Waals surface area contributed by atoms with Crippen molar-refractivity contribution < 1.29 is 0 Å². The first-order valence-corrected chi connectivity index (χ1v) is 8.12. The predicted octanol–water partition coefficient (Wildman–Crippen LogP) is 2.85. The van der Waals surface area contributed by atoms with Gasteiger partial charge in [-0.1, -0.05) is 6.92 Å². The van der Waals surface area contributed by atoms with Gasteiger partial charge in [-0.3, -0.25) is 9.36 Å². The zero-order chi connectivity index (χ0) is 14.5. The zero-order valence-corrected chi connectivity index (χ0v) is 13.3. The van der Waals surface area contributed by atoms with Crippen LogP contribution in [0.3, 0.4) is 0 Å². The van der Waals surface area contributed by atoms with Crippen molar-refractivity contribution >= 4 is 21.6 Å². The summed E-state index contributed by atoms with van der Waals surface area (Å²) in [7, 11) is 0. The van der Waals surface area contributed by atoms with Crippen LogP contribution < -0.4 is 10.9 Å². The molecular formula is C15H23N3OS. The minimum Gasteiger partial charge on any atom is -0.317 e. The molecule has 0 aliphatic heterocycles. The van der Waals surface area contributed by atoms with Gasteiger partial charge in [-0.25, -0.2) is 4.98 Å². The molecule has 0 fully saturated rings. The molecule has 0 bridgehead atoms. The van der Waals surface area contributed by atoms with Crippen LogP contribution in [0.1, 0.15) is 36.6 Å². The lowest BCUT2D eigenvalue weighted by atomic mass is 10.2. The van der Waals surface area contributed by atoms with Crippen LogP contribution in [0, 0.1) is 13.8 Å². The van der Waals surface area contributed by atoms with Crippen LogP contribution in [-0.2, 0) is 6.54 Å². The lowest BCUT2D eigenvalue weighted by Gasteiger charge is -2.06. The molecule has 0 spiro atoms. The van der Waals surface area contributed by atoms with E-state index in [9.17, 15) is 4.79 Å². The molecule has 0 unspecified atom stereocenters. The molecule has 2 aromatic heterocycles. The van der Waals surface area contributed by atoms with Crippen LogP contribution in [0.4, 0.5) is 0 Å². The molecule has 0 atom stereocenters. The van der Waals surface area contributed by atoms with Crippen LogP contribution in [0.2, 0.25) is 0 Å². The van der Waals surface area contributed by atoms with Gasteiger partial charge in [0.2, 0.25) is 0 Å². The van der Waals surface area contributed by atoms with Gasteiger partial charge < -0.3 is 5.32 Å². The van der Waals surface area contributed by atoms with Crippen molar-refractivity contribution in [3.8, 4) is 0 Å². The Kier molecular flexibility index (Phi) is 5.31. The van der Waals surface area contributed by atoms with E-state index in [2.05, 4.69) is 17.2 Å². The number of hydrogen-bond acceptors (Lipinski definition) is 4. The van der Waals surface area contributed by atoms with E-state index in [-0.39, 0.29) is 5.56 Å². The Morgan fingerprint density at radius 2 is 2.10 bits per heavy atom. The minimum atomic E-state index is 0.110. The van der Waals surface area contributed by atoms with Crippen LogP contribution in [-0.4, -0.2) is 22.6 Å². The molecule has 4 nitrogen and oxygen atoms in total. The molecule has 0 aromatic carbocycles. The van der Waals surface area contributed by atoms with Crippen molar-refractivity contribution in [1.82, 2.24) is 14.9 Å². The Bertz CT molecular complexity index is 630. The largest absolute Gasteiger partial charge is 0.317 e. The summed E-state index contributed by atoms with van der Waals surface area (Å²) < 4.78 is 1.75. The number of aromatic nitrogens is 2. The highest BCUT2D eigenvalue weighted by molar-refractivity contribution is 7.18. The van der Waals surface area contributed by atoms with Gasteiger partial charge in [-0.05, 0) is 51.8 Å². The second-order valence-corrected chi connectivity index (χ2v) is 6.37. The summed E-state index contributed by atoms with van der Waals surface area (Å²) in [5.41, 5.74) is 1.19. The molecule has 0 radical (unpaired) electrons. The SMILES string of the molecule is CCCNCCCCn1cnc2sc(C)c(C)c2c1=O. The molecule has 0 aliphatic rings. The second-order valence-electron chi connectivity index (χ2n) is 5.16. The smallest absolute Gasteiger partial charge is 0.262 e. The fourth-order valence-corrected chi connectivity index (χ4v) is 3.25. The lowest BCUT2D eigenvalue weighted by Crippen LogP contribution is -2.22. The quantitative estimate of drug-likeness (QED) is 0.799. The number of rotatable bonds is 7. The summed E-state index contributed by atoms with van der Waals surface area (Å²) in [6.45, 7) is 9.07. The van der Waals surface area contributed by atoms with Gasteiger partial charge >= 0.3 is 0 Å². The number of nitrogens with one attached hydrogen (secondary N) is 1. The maximum Gasteiger partial charge on any atom is 0.262 e. The molecule has 0 amide bonds. The van der Waals surface area contributed by atoms with Crippen molar-refractivity contribution in [3.05, 3.63) is 27.1 Å². The maximum absolute atomic E-state index is 12.4. The summed E-state index contributed by atoms with van der Waals surface area (Å²) in [5, 5.41) is 4.18. The van der Waals surface area contributed by atoms with E-state index in [1.54, 1.807) is 22.2 Å². The van der Waals surface area contributed by atoms with Crippen molar-refractivity contribution in [1.29, 1.82) is 0 Å². The third-order valence-corrected chi connectivity index (χ3v) is 4.70. The fourth-order valence-electron chi connectivity index (χ4n) is 2.26. The van der Waals surface area contributed by atoms with Gasteiger partial charge in [-0.15, -0.1) is 11.3 Å². The molecule has 1 N–H and O–H groups in total. The standard InChI is InChI=1S/C15H23N3OS/c1-4-7-16-8-5-6-9-18-10-17-14-13(15(18)19)11(2)12(3)20-14/h10,16H,4-9H2,1-3H3. The lowest BCUT2D eigenvalue weighted by molar-refractivity contribution is 0.556. The van der Waals surface area contributed by atoms with E-state index in [1.165, 1.54) is 4.88 Å². The molecule has 0 saturated carbocycles. The molecule has 2 rings (SSSR count). The number of hydrogen-bond donors (Lipinski definition) is 1. The molecule has 0 aliphatic carbocycles. The van der Waals surface area contributed by atoms with Gasteiger partial charge in [0.15, 0.2) is 0 Å². The van der Waals surface area contributed by atoms with E-state index in [1.807, 2.05) is 13.8 Å². The number of unbranched alkanes of at least 4 members (excludes halogenated alkanes) is 1. The molecule has 20 heavy (non-hydrogen) atoms. The van der Waals surface area contributed by atoms with Gasteiger partial charge in [0.05, 0.1) is 11.7 Å². The molecular weight excluding hydrogens is 270 g/mol. The normalized spacial score (nSPS) is 11.3. The van der Waals surface area contributed by atoms with Crippen LogP contribution >= 0.6 is 11.3 Å². The van der Waals surface area contributed by atoms with Gasteiger partial charge in [-0.2, -0.15) is 0 Å². The first-order chi connectivity index (χ1) is 9.65. The molecule has 0 saturated heterocycles. The van der Waals surface area contributed by atoms with Gasteiger partial charge in [0.1, 0.15) is 4.83 Å². The number of fused-ring (bicyclic) bond motifs is 1.